The zero-order valence-corrected chi connectivity index (χ0v) is 18.7. The Bertz CT molecular complexity index is 642. The second kappa shape index (κ2) is 8.49. The van der Waals surface area contributed by atoms with Crippen LogP contribution >= 0.6 is 20.0 Å². The number of aromatic nitrogens is 3. The quantitative estimate of drug-likeness (QED) is 0.418. The number of anilines is 4. The molecule has 6 N–H and O–H groups in total. The van der Waals surface area contributed by atoms with Gasteiger partial charge in [-0.3, -0.25) is 0 Å². The van der Waals surface area contributed by atoms with Crippen LogP contribution in [-0.2, 0) is 0 Å². The zero-order chi connectivity index (χ0) is 15.5. The van der Waals surface area contributed by atoms with Gasteiger partial charge in [-0.25, -0.2) is 0 Å². The molecule has 0 bridgehead atoms. The van der Waals surface area contributed by atoms with Gasteiger partial charge < -0.3 is 0 Å². The molecule has 1 aromatic carbocycles. The summed E-state index contributed by atoms with van der Waals surface area (Å²) < 4.78 is 1.37. The Labute approximate surface area is 156 Å². The first-order valence-corrected chi connectivity index (χ1v) is 13.8. The van der Waals surface area contributed by atoms with E-state index in [4.69, 9.17) is 11.5 Å². The summed E-state index contributed by atoms with van der Waals surface area (Å²) >= 11 is -1.14. The van der Waals surface area contributed by atoms with E-state index in [2.05, 4.69) is 32.4 Å². The zero-order valence-electron chi connectivity index (χ0n) is 12.2. The van der Waals surface area contributed by atoms with Crippen molar-refractivity contribution in [3.63, 3.8) is 0 Å². The molecule has 1 fully saturated rings. The summed E-state index contributed by atoms with van der Waals surface area (Å²) in [5, 5.41) is 12.7. The molecular formula is C12H18As2N6OS2. The van der Waals surface area contributed by atoms with Gasteiger partial charge in [0.15, 0.2) is 0 Å². The summed E-state index contributed by atoms with van der Waals surface area (Å²) in [5.74, 6) is 1.56. The molecule has 11 heteroatoms. The number of hydrogen-bond donors (Lipinski definition) is 4. The van der Waals surface area contributed by atoms with Crippen LogP contribution < -0.4 is 21.1 Å². The Morgan fingerprint density at radius 2 is 1.83 bits per heavy atom. The number of rotatable bonds is 4. The molecule has 7 nitrogen and oxygen atoms in total. The van der Waals surface area contributed by atoms with Crippen LogP contribution in [-0.4, -0.2) is 68.0 Å². The van der Waals surface area contributed by atoms with Crippen molar-refractivity contribution in [2.45, 2.75) is 5.25 Å². The van der Waals surface area contributed by atoms with E-state index in [0.717, 1.165) is 11.4 Å². The fraction of sp³-hybridized carbons (Fsp3) is 0.250. The van der Waals surface area contributed by atoms with Crippen molar-refractivity contribution in [1.82, 2.24) is 15.0 Å². The molecule has 3 unspecified atom stereocenters. The average molecular weight is 476 g/mol. The van der Waals surface area contributed by atoms with Crippen LogP contribution in [0.3, 0.4) is 0 Å². The molecule has 0 aliphatic carbocycles. The van der Waals surface area contributed by atoms with E-state index in [0.29, 0.717) is 11.2 Å². The summed E-state index contributed by atoms with van der Waals surface area (Å²) in [5.41, 5.74) is 12.0. The van der Waals surface area contributed by atoms with Gasteiger partial charge in [-0.1, -0.05) is 0 Å². The van der Waals surface area contributed by atoms with Gasteiger partial charge in [0.05, 0.1) is 0 Å². The molecule has 2 aromatic rings. The summed E-state index contributed by atoms with van der Waals surface area (Å²) in [6, 6.07) is 8.23. The molecule has 1 aromatic heterocycles. The molecule has 0 saturated carbocycles. The number of hydrogen-bond acceptors (Lipinski definition) is 9. The van der Waals surface area contributed by atoms with E-state index in [1.54, 1.807) is 0 Å². The Hall–Kier alpha value is -0.593. The number of nitrogens with two attached hydrogens (primary N) is 2. The summed E-state index contributed by atoms with van der Waals surface area (Å²) in [6.45, 7) is 0.269. The second-order valence-corrected chi connectivity index (χ2v) is 16.1. The third-order valence-electron chi connectivity index (χ3n) is 2.83. The van der Waals surface area contributed by atoms with Crippen molar-refractivity contribution < 1.29 is 5.11 Å². The number of nitrogens with one attached hydrogen (secondary N) is 1. The summed E-state index contributed by atoms with van der Waals surface area (Å²) in [6.07, 6.45) is 0. The first-order chi connectivity index (χ1) is 10.6. The Morgan fingerprint density at radius 1 is 1.17 bits per heavy atom. The third kappa shape index (κ3) is 4.94. The van der Waals surface area contributed by atoms with Gasteiger partial charge in [0.25, 0.3) is 0 Å². The number of aliphatic hydroxyl groups is 1. The first kappa shape index (κ1) is 18.7. The SMILES string of the molecule is Nc1nc(N)nc(Nc2ccc([As]3SCC(CO)S3)cc2)n1.[AsH3]. The maximum atomic E-state index is 9.22. The van der Waals surface area contributed by atoms with E-state index >= 15 is 0 Å². The van der Waals surface area contributed by atoms with Crippen molar-refractivity contribution in [2.24, 2.45) is 0 Å². The van der Waals surface area contributed by atoms with E-state index in [1.165, 1.54) is 4.35 Å². The molecule has 0 amide bonds. The van der Waals surface area contributed by atoms with Gasteiger partial charge in [-0.15, -0.1) is 0 Å². The van der Waals surface area contributed by atoms with Gasteiger partial charge in [-0.05, 0) is 0 Å². The van der Waals surface area contributed by atoms with Crippen molar-refractivity contribution in [2.75, 3.05) is 29.1 Å². The summed E-state index contributed by atoms with van der Waals surface area (Å²) in [7, 11) is 3.95. The fourth-order valence-corrected chi connectivity index (χ4v) is 17.2. The first-order valence-electron chi connectivity index (χ1n) is 6.49. The molecule has 0 spiro atoms. The average Bonchev–Trinajstić information content (AvgIpc) is 2.96. The van der Waals surface area contributed by atoms with E-state index in [9.17, 15) is 5.11 Å². The molecular weight excluding hydrogens is 458 g/mol. The van der Waals surface area contributed by atoms with Gasteiger partial charge in [0.1, 0.15) is 0 Å². The molecule has 3 atom stereocenters. The van der Waals surface area contributed by atoms with Gasteiger partial charge in [-0.2, -0.15) is 0 Å². The minimum atomic E-state index is -1.14. The maximum absolute atomic E-state index is 9.22. The van der Waals surface area contributed by atoms with Crippen LogP contribution in [0.1, 0.15) is 0 Å². The standard InChI is InChI=1S/C12H15AsN6OS2.AsH3/c14-10-17-11(15)19-12(18-10)16-8-3-1-7(2-4-8)13-21-6-9(5-20)22-13;/h1-4,9,20H,5-6H2,(H5,14,15,16,17,18,19);1H3. The number of benzene rings is 1. The summed E-state index contributed by atoms with van der Waals surface area (Å²) in [4.78, 5) is 11.7. The molecule has 2 heterocycles. The molecule has 1 aliphatic heterocycles. The van der Waals surface area contributed by atoms with Crippen molar-refractivity contribution in [3.8, 4) is 0 Å². The Kier molecular flexibility index (Phi) is 6.92. The topological polar surface area (TPSA) is 123 Å². The third-order valence-corrected chi connectivity index (χ3v) is 16.8. The number of nitrogens with zero attached hydrogens (tertiary/aromatic N) is 3. The van der Waals surface area contributed by atoms with Crippen LogP contribution in [0.25, 0.3) is 0 Å². The number of nitrogen functional groups attached to an aromatic ring is 2. The van der Waals surface area contributed by atoms with E-state index < -0.39 is 12.3 Å². The second-order valence-electron chi connectivity index (χ2n) is 4.51. The molecule has 124 valence electrons. The van der Waals surface area contributed by atoms with Crippen LogP contribution in [0.15, 0.2) is 24.3 Å². The molecule has 3 rings (SSSR count). The van der Waals surface area contributed by atoms with Crippen LogP contribution in [0, 0.1) is 0 Å². The monoisotopic (exact) mass is 476 g/mol. The fourth-order valence-electron chi connectivity index (χ4n) is 1.83. The van der Waals surface area contributed by atoms with Gasteiger partial charge >= 0.3 is 157 Å². The van der Waals surface area contributed by atoms with Crippen LogP contribution in [0.4, 0.5) is 23.5 Å². The molecule has 1 saturated heterocycles. The number of aliphatic hydroxyl groups excluding tert-OH is 1. The predicted octanol–water partition coefficient (Wildman–Crippen LogP) is -0.868. The van der Waals surface area contributed by atoms with Crippen molar-refractivity contribution >= 4 is 78.2 Å². The molecule has 23 heavy (non-hydrogen) atoms. The van der Waals surface area contributed by atoms with E-state index in [1.807, 2.05) is 32.2 Å². The van der Waals surface area contributed by atoms with Crippen LogP contribution in [0.5, 0.6) is 0 Å². The van der Waals surface area contributed by atoms with Crippen molar-refractivity contribution in [3.05, 3.63) is 24.3 Å². The minimum absolute atomic E-state index is 0. The Morgan fingerprint density at radius 3 is 2.39 bits per heavy atom. The normalized spacial score (nSPS) is 20.0. The molecule has 1 aliphatic rings. The predicted molar refractivity (Wildman–Crippen MR) is 105 cm³/mol. The van der Waals surface area contributed by atoms with Crippen molar-refractivity contribution in [1.29, 1.82) is 0 Å². The van der Waals surface area contributed by atoms with Crippen LogP contribution in [0.2, 0.25) is 0 Å². The Balaban J connectivity index is 0.00000192. The van der Waals surface area contributed by atoms with Gasteiger partial charge in [0, 0.05) is 0 Å². The molecule has 0 radical (unpaired) electrons. The van der Waals surface area contributed by atoms with E-state index in [-0.39, 0.29) is 36.5 Å². The van der Waals surface area contributed by atoms with Gasteiger partial charge in [0.2, 0.25) is 0 Å².